The molecule has 0 radical (unpaired) electrons. The molecule has 1 aliphatic carbocycles. The molecule has 1 amide bonds. The average Bonchev–Trinajstić information content (AvgIpc) is 3.29. The molecule has 1 aliphatic rings. The van der Waals surface area contributed by atoms with E-state index < -0.39 is 0 Å². The molecule has 110 valence electrons. The van der Waals surface area contributed by atoms with Gasteiger partial charge >= 0.3 is 0 Å². The Kier molecular flexibility index (Phi) is 5.92. The Bertz CT molecular complexity index is 420. The third-order valence-electron chi connectivity index (χ3n) is 3.74. The normalized spacial score (nSPS) is 16.1. The van der Waals surface area contributed by atoms with Crippen LogP contribution in [0.5, 0.6) is 0 Å². The van der Waals surface area contributed by atoms with E-state index in [1.807, 2.05) is 30.3 Å². The van der Waals surface area contributed by atoms with Crippen molar-refractivity contribution in [2.45, 2.75) is 37.5 Å². The van der Waals surface area contributed by atoms with Crippen molar-refractivity contribution in [2.75, 3.05) is 19.6 Å². The third-order valence-corrected chi connectivity index (χ3v) is 4.16. The van der Waals surface area contributed by atoms with Crippen molar-refractivity contribution in [1.82, 2.24) is 10.2 Å². The monoisotopic (exact) mass is 292 g/mol. The molecule has 1 saturated carbocycles. The van der Waals surface area contributed by atoms with Gasteiger partial charge in [0.25, 0.3) is 0 Å². The van der Waals surface area contributed by atoms with Crippen LogP contribution in [0, 0.1) is 0 Å². The zero-order valence-electron chi connectivity index (χ0n) is 12.1. The first-order valence-electron chi connectivity index (χ1n) is 7.44. The summed E-state index contributed by atoms with van der Waals surface area (Å²) in [6.07, 6.45) is 3.30. The van der Waals surface area contributed by atoms with E-state index >= 15 is 0 Å². The number of likely N-dealkylation sites (N-methyl/N-ethyl adjacent to an activating group) is 1. The Hall–Kier alpha value is -1.00. The van der Waals surface area contributed by atoms with Crippen molar-refractivity contribution in [3.63, 3.8) is 0 Å². The minimum atomic E-state index is -0.270. The quantitative estimate of drug-likeness (QED) is 0.720. The highest BCUT2D eigenvalue weighted by Gasteiger charge is 2.27. The van der Waals surface area contributed by atoms with Crippen LogP contribution in [0.1, 0.15) is 25.3 Å². The number of hydrogen-bond donors (Lipinski definition) is 2. The first-order chi connectivity index (χ1) is 9.70. The Balaban J connectivity index is 1.68. The smallest absolute Gasteiger partial charge is 0.233 e. The molecular formula is C16H24N2OS. The zero-order valence-corrected chi connectivity index (χ0v) is 13.0. The molecule has 0 saturated heterocycles. The second-order valence-corrected chi connectivity index (χ2v) is 5.98. The summed E-state index contributed by atoms with van der Waals surface area (Å²) in [6.45, 7) is 4.90. The van der Waals surface area contributed by atoms with Crippen LogP contribution in [-0.2, 0) is 11.2 Å². The number of rotatable bonds is 8. The van der Waals surface area contributed by atoms with Gasteiger partial charge < -0.3 is 5.32 Å². The highest BCUT2D eigenvalue weighted by molar-refractivity contribution is 7.81. The molecule has 0 aromatic heterocycles. The van der Waals surface area contributed by atoms with E-state index in [-0.39, 0.29) is 11.2 Å². The maximum atomic E-state index is 12.0. The molecule has 0 bridgehead atoms. The number of hydrogen-bond acceptors (Lipinski definition) is 3. The molecule has 1 unspecified atom stereocenters. The third kappa shape index (κ3) is 4.84. The fourth-order valence-corrected chi connectivity index (χ4v) is 2.71. The minimum absolute atomic E-state index is 0.0315. The van der Waals surface area contributed by atoms with Crippen molar-refractivity contribution in [1.29, 1.82) is 0 Å². The largest absolute Gasteiger partial charge is 0.354 e. The molecule has 1 aromatic rings. The molecular weight excluding hydrogens is 268 g/mol. The van der Waals surface area contributed by atoms with Crippen LogP contribution in [0.15, 0.2) is 30.3 Å². The summed E-state index contributed by atoms with van der Waals surface area (Å²) in [5, 5.41) is 2.72. The summed E-state index contributed by atoms with van der Waals surface area (Å²) in [5.74, 6) is 0.0315. The van der Waals surface area contributed by atoms with Crippen LogP contribution in [0.25, 0.3) is 0 Å². The molecule has 20 heavy (non-hydrogen) atoms. The molecule has 1 fully saturated rings. The number of benzene rings is 1. The van der Waals surface area contributed by atoms with Crippen molar-refractivity contribution >= 4 is 18.5 Å². The summed E-state index contributed by atoms with van der Waals surface area (Å²) in [6, 6.07) is 10.8. The van der Waals surface area contributed by atoms with Crippen LogP contribution in [0.3, 0.4) is 0 Å². The first kappa shape index (κ1) is 15.4. The molecule has 1 atom stereocenters. The van der Waals surface area contributed by atoms with Gasteiger partial charge in [-0.3, -0.25) is 9.69 Å². The lowest BCUT2D eigenvalue weighted by Gasteiger charge is -2.20. The summed E-state index contributed by atoms with van der Waals surface area (Å²) < 4.78 is 0. The predicted octanol–water partition coefficient (Wildman–Crippen LogP) is 2.13. The van der Waals surface area contributed by atoms with Crippen molar-refractivity contribution in [3.05, 3.63) is 35.9 Å². The Morgan fingerprint density at radius 1 is 1.40 bits per heavy atom. The van der Waals surface area contributed by atoms with Crippen molar-refractivity contribution in [3.8, 4) is 0 Å². The van der Waals surface area contributed by atoms with Gasteiger partial charge in [0.2, 0.25) is 5.91 Å². The van der Waals surface area contributed by atoms with Crippen LogP contribution in [0.4, 0.5) is 0 Å². The Labute approximate surface area is 127 Å². The van der Waals surface area contributed by atoms with Gasteiger partial charge in [0, 0.05) is 19.1 Å². The maximum Gasteiger partial charge on any atom is 0.233 e. The topological polar surface area (TPSA) is 32.3 Å². The Morgan fingerprint density at radius 2 is 2.10 bits per heavy atom. The number of nitrogens with zero attached hydrogens (tertiary/aromatic N) is 1. The van der Waals surface area contributed by atoms with E-state index in [4.69, 9.17) is 0 Å². The highest BCUT2D eigenvalue weighted by atomic mass is 32.1. The lowest BCUT2D eigenvalue weighted by atomic mass is 10.1. The fourth-order valence-electron chi connectivity index (χ4n) is 2.41. The lowest BCUT2D eigenvalue weighted by molar-refractivity contribution is -0.120. The fraction of sp³-hybridized carbons (Fsp3) is 0.562. The van der Waals surface area contributed by atoms with Crippen molar-refractivity contribution < 1.29 is 4.79 Å². The van der Waals surface area contributed by atoms with Gasteiger partial charge in [-0.25, -0.2) is 0 Å². The van der Waals surface area contributed by atoms with Gasteiger partial charge in [-0.05, 0) is 31.4 Å². The van der Waals surface area contributed by atoms with E-state index in [9.17, 15) is 4.79 Å². The molecule has 1 aromatic carbocycles. The van der Waals surface area contributed by atoms with Gasteiger partial charge in [-0.15, -0.1) is 0 Å². The number of nitrogens with one attached hydrogen (secondary N) is 1. The number of carbonyl (C=O) groups is 1. The highest BCUT2D eigenvalue weighted by Crippen LogP contribution is 2.25. The van der Waals surface area contributed by atoms with Gasteiger partial charge in [-0.2, -0.15) is 12.6 Å². The second-order valence-electron chi connectivity index (χ2n) is 5.36. The van der Waals surface area contributed by atoms with E-state index in [0.717, 1.165) is 31.2 Å². The SMILES string of the molecule is CCN(CCNC(=O)C(S)Cc1ccccc1)C1CC1. The van der Waals surface area contributed by atoms with Gasteiger partial charge in [-0.1, -0.05) is 37.3 Å². The Morgan fingerprint density at radius 3 is 2.70 bits per heavy atom. The lowest BCUT2D eigenvalue weighted by Crippen LogP contribution is -2.39. The number of amides is 1. The summed E-state index contributed by atoms with van der Waals surface area (Å²) >= 11 is 4.41. The first-order valence-corrected chi connectivity index (χ1v) is 7.96. The molecule has 4 heteroatoms. The van der Waals surface area contributed by atoms with Crippen LogP contribution in [0.2, 0.25) is 0 Å². The van der Waals surface area contributed by atoms with Gasteiger partial charge in [0.15, 0.2) is 0 Å². The summed E-state index contributed by atoms with van der Waals surface area (Å²) in [4.78, 5) is 14.4. The maximum absolute atomic E-state index is 12.0. The molecule has 3 nitrogen and oxygen atoms in total. The molecule has 2 rings (SSSR count). The summed E-state index contributed by atoms with van der Waals surface area (Å²) in [5.41, 5.74) is 1.15. The summed E-state index contributed by atoms with van der Waals surface area (Å²) in [7, 11) is 0. The number of carbonyl (C=O) groups excluding carboxylic acids is 1. The van der Waals surface area contributed by atoms with Gasteiger partial charge in [0.1, 0.15) is 0 Å². The van der Waals surface area contributed by atoms with Crippen LogP contribution < -0.4 is 5.32 Å². The second kappa shape index (κ2) is 7.70. The standard InChI is InChI=1S/C16H24N2OS/c1-2-18(14-8-9-14)11-10-17-16(19)15(20)12-13-6-4-3-5-7-13/h3-7,14-15,20H,2,8-12H2,1H3,(H,17,19). The van der Waals surface area contributed by atoms with E-state index in [1.54, 1.807) is 0 Å². The van der Waals surface area contributed by atoms with Crippen molar-refractivity contribution in [2.24, 2.45) is 0 Å². The average molecular weight is 292 g/mol. The number of thiol groups is 1. The van der Waals surface area contributed by atoms with E-state index in [0.29, 0.717) is 6.42 Å². The predicted molar refractivity (Wildman–Crippen MR) is 86.2 cm³/mol. The van der Waals surface area contributed by atoms with E-state index in [2.05, 4.69) is 29.8 Å². The minimum Gasteiger partial charge on any atom is -0.354 e. The van der Waals surface area contributed by atoms with E-state index in [1.165, 1.54) is 12.8 Å². The molecule has 0 spiro atoms. The molecule has 0 aliphatic heterocycles. The van der Waals surface area contributed by atoms with Crippen LogP contribution in [-0.4, -0.2) is 41.7 Å². The molecule has 0 heterocycles. The zero-order chi connectivity index (χ0) is 14.4. The molecule has 1 N–H and O–H groups in total. The van der Waals surface area contributed by atoms with Gasteiger partial charge in [0.05, 0.1) is 5.25 Å². The van der Waals surface area contributed by atoms with Crippen LogP contribution >= 0.6 is 12.6 Å².